The lowest BCUT2D eigenvalue weighted by Crippen LogP contribution is -2.35. The predicted octanol–water partition coefficient (Wildman–Crippen LogP) is 6.60. The summed E-state index contributed by atoms with van der Waals surface area (Å²) in [6.07, 6.45) is 11.4. The first kappa shape index (κ1) is 28.4. The first-order chi connectivity index (χ1) is 17.9. The van der Waals surface area contributed by atoms with E-state index in [9.17, 15) is 9.59 Å². The summed E-state index contributed by atoms with van der Waals surface area (Å²) < 4.78 is 10.7. The van der Waals surface area contributed by atoms with E-state index in [0.29, 0.717) is 25.2 Å². The highest BCUT2D eigenvalue weighted by molar-refractivity contribution is 7.09. The summed E-state index contributed by atoms with van der Waals surface area (Å²) in [5.74, 6) is 0.658. The molecular formula is C30H38N2O4S. The lowest BCUT2D eigenvalue weighted by atomic mass is 9.88. The van der Waals surface area contributed by atoms with Crippen molar-refractivity contribution in [1.29, 1.82) is 0 Å². The Morgan fingerprint density at radius 3 is 2.59 bits per heavy atom. The van der Waals surface area contributed by atoms with Crippen LogP contribution in [0.25, 0.3) is 6.08 Å². The molecule has 7 heteroatoms. The predicted molar refractivity (Wildman–Crippen MR) is 149 cm³/mol. The van der Waals surface area contributed by atoms with Crippen LogP contribution in [0.3, 0.4) is 0 Å². The van der Waals surface area contributed by atoms with Crippen LogP contribution in [0.2, 0.25) is 0 Å². The van der Waals surface area contributed by atoms with Gasteiger partial charge in [0, 0.05) is 16.9 Å². The van der Waals surface area contributed by atoms with Gasteiger partial charge in [0.1, 0.15) is 17.4 Å². The fraction of sp³-hybridized carbons (Fsp3) is 0.433. The molecule has 2 aromatic rings. The Hall–Kier alpha value is -3.19. The molecule has 0 bridgehead atoms. The molecule has 1 amide bonds. The third-order valence-corrected chi connectivity index (χ3v) is 7.26. The number of carbonyl (C=O) groups is 2. The first-order valence-electron chi connectivity index (χ1n) is 13.0. The van der Waals surface area contributed by atoms with Crippen molar-refractivity contribution in [3.8, 4) is 5.75 Å². The summed E-state index contributed by atoms with van der Waals surface area (Å²) in [7, 11) is 0. The monoisotopic (exact) mass is 522 g/mol. The Bertz CT molecular complexity index is 1110. The SMILES string of the molecule is C=CCOc1ccc(C[C@H](NC(=O)C2CCCCC2)c2nc(/C=C(C)/C=C(/C)C(=O)OCC)cs2)cc1. The van der Waals surface area contributed by atoms with Crippen LogP contribution in [0.5, 0.6) is 5.75 Å². The number of carbonyl (C=O) groups excluding carboxylic acids is 2. The molecule has 3 rings (SSSR count). The molecule has 1 heterocycles. The number of hydrogen-bond donors (Lipinski definition) is 1. The molecule has 0 radical (unpaired) electrons. The molecule has 198 valence electrons. The average molecular weight is 523 g/mol. The van der Waals surface area contributed by atoms with Gasteiger partial charge in [0.05, 0.1) is 18.3 Å². The summed E-state index contributed by atoms with van der Waals surface area (Å²) in [4.78, 5) is 29.9. The van der Waals surface area contributed by atoms with Crippen LogP contribution in [0, 0.1) is 5.92 Å². The molecule has 1 aromatic carbocycles. The minimum Gasteiger partial charge on any atom is -0.490 e. The van der Waals surface area contributed by atoms with Crippen LogP contribution < -0.4 is 10.1 Å². The smallest absolute Gasteiger partial charge is 0.333 e. The van der Waals surface area contributed by atoms with E-state index in [2.05, 4.69) is 11.9 Å². The van der Waals surface area contributed by atoms with Crippen LogP contribution >= 0.6 is 11.3 Å². The second kappa shape index (κ2) is 14.5. The molecule has 0 saturated heterocycles. The Morgan fingerprint density at radius 2 is 1.92 bits per heavy atom. The lowest BCUT2D eigenvalue weighted by molar-refractivity contribution is -0.138. The number of ether oxygens (including phenoxy) is 2. The molecule has 1 atom stereocenters. The Labute approximate surface area is 224 Å². The quantitative estimate of drug-likeness (QED) is 0.147. The van der Waals surface area contributed by atoms with Gasteiger partial charge in [0.15, 0.2) is 0 Å². The van der Waals surface area contributed by atoms with E-state index < -0.39 is 0 Å². The zero-order valence-electron chi connectivity index (χ0n) is 22.1. The van der Waals surface area contributed by atoms with Crippen molar-refractivity contribution in [2.45, 2.75) is 65.3 Å². The molecule has 1 aliphatic carbocycles. The standard InChI is InChI=1S/C30H38N2O4S/c1-5-16-36-26-14-12-23(13-15-26)19-27(32-28(33)24-10-8-7-9-11-24)29-31-25(20-37-29)18-21(3)17-22(4)30(34)35-6-2/h5,12-15,17-18,20,24,27H,1,6-11,16,19H2,2-4H3,(H,32,33)/b21-18+,22-17-/t27-/m0/s1. The maximum absolute atomic E-state index is 13.1. The van der Waals surface area contributed by atoms with Gasteiger partial charge in [0.2, 0.25) is 5.91 Å². The number of esters is 1. The van der Waals surface area contributed by atoms with Crippen LogP contribution in [0.4, 0.5) is 0 Å². The van der Waals surface area contributed by atoms with E-state index in [-0.39, 0.29) is 23.8 Å². The second-order valence-corrected chi connectivity index (χ2v) is 10.3. The molecule has 1 N–H and O–H groups in total. The fourth-order valence-corrected chi connectivity index (χ4v) is 5.24. The molecule has 6 nitrogen and oxygen atoms in total. The summed E-state index contributed by atoms with van der Waals surface area (Å²) in [6.45, 7) is 9.96. The number of nitrogens with one attached hydrogen (secondary N) is 1. The van der Waals surface area contributed by atoms with E-state index in [4.69, 9.17) is 14.5 Å². The zero-order valence-corrected chi connectivity index (χ0v) is 22.9. The van der Waals surface area contributed by atoms with Gasteiger partial charge in [-0.05, 0) is 75.5 Å². The van der Waals surface area contributed by atoms with Gasteiger partial charge in [-0.2, -0.15) is 0 Å². The van der Waals surface area contributed by atoms with E-state index in [1.54, 1.807) is 26.0 Å². The van der Waals surface area contributed by atoms with E-state index in [1.807, 2.05) is 42.6 Å². The molecule has 1 aromatic heterocycles. The van der Waals surface area contributed by atoms with E-state index in [0.717, 1.165) is 53.3 Å². The van der Waals surface area contributed by atoms with Gasteiger partial charge in [-0.15, -0.1) is 11.3 Å². The number of benzene rings is 1. The number of aromatic nitrogens is 1. The number of amides is 1. The summed E-state index contributed by atoms with van der Waals surface area (Å²) in [6, 6.07) is 7.71. The van der Waals surface area contributed by atoms with Crippen LogP contribution in [-0.2, 0) is 20.7 Å². The molecule has 1 aliphatic rings. The largest absolute Gasteiger partial charge is 0.490 e. The molecule has 1 fully saturated rings. The van der Waals surface area contributed by atoms with E-state index in [1.165, 1.54) is 17.8 Å². The van der Waals surface area contributed by atoms with Gasteiger partial charge in [-0.3, -0.25) is 4.79 Å². The molecule has 1 saturated carbocycles. The fourth-order valence-electron chi connectivity index (χ4n) is 4.41. The normalized spacial score (nSPS) is 15.6. The second-order valence-electron chi connectivity index (χ2n) is 9.39. The highest BCUT2D eigenvalue weighted by Crippen LogP contribution is 2.28. The number of rotatable bonds is 12. The van der Waals surface area contributed by atoms with Crippen molar-refractivity contribution in [1.82, 2.24) is 10.3 Å². The summed E-state index contributed by atoms with van der Waals surface area (Å²) in [5, 5.41) is 6.15. The van der Waals surface area contributed by atoms with Crippen molar-refractivity contribution < 1.29 is 19.1 Å². The van der Waals surface area contributed by atoms with Crippen LogP contribution in [-0.4, -0.2) is 30.1 Å². The van der Waals surface area contributed by atoms with Crippen molar-refractivity contribution >= 4 is 29.3 Å². The lowest BCUT2D eigenvalue weighted by Gasteiger charge is -2.24. The van der Waals surface area contributed by atoms with Gasteiger partial charge in [0.25, 0.3) is 0 Å². The van der Waals surface area contributed by atoms with Crippen LogP contribution in [0.15, 0.2) is 59.5 Å². The number of thiazole rings is 1. The third-order valence-electron chi connectivity index (χ3n) is 6.28. The Kier molecular flexibility index (Phi) is 11.1. The minimum absolute atomic E-state index is 0.0727. The highest BCUT2D eigenvalue weighted by Gasteiger charge is 2.25. The van der Waals surface area contributed by atoms with E-state index >= 15 is 0 Å². The van der Waals surface area contributed by atoms with Crippen molar-refractivity contribution in [2.75, 3.05) is 13.2 Å². The Balaban J connectivity index is 1.78. The van der Waals surface area contributed by atoms with Gasteiger partial charge >= 0.3 is 5.97 Å². The van der Waals surface area contributed by atoms with Crippen molar-refractivity contribution in [3.63, 3.8) is 0 Å². The minimum atomic E-state index is -0.319. The van der Waals surface area contributed by atoms with Crippen molar-refractivity contribution in [3.05, 3.63) is 75.8 Å². The van der Waals surface area contributed by atoms with Crippen LogP contribution in [0.1, 0.15) is 75.2 Å². The van der Waals surface area contributed by atoms with Gasteiger partial charge in [-0.1, -0.05) is 44.1 Å². The molecule has 0 spiro atoms. The maximum Gasteiger partial charge on any atom is 0.333 e. The van der Waals surface area contributed by atoms with Gasteiger partial charge < -0.3 is 14.8 Å². The number of nitrogens with zero attached hydrogens (tertiary/aromatic N) is 1. The summed E-state index contributed by atoms with van der Waals surface area (Å²) in [5.41, 5.74) is 3.34. The molecule has 0 aliphatic heterocycles. The molecule has 37 heavy (non-hydrogen) atoms. The van der Waals surface area contributed by atoms with Crippen molar-refractivity contribution in [2.24, 2.45) is 5.92 Å². The average Bonchev–Trinajstić information content (AvgIpc) is 3.36. The maximum atomic E-state index is 13.1. The number of allylic oxidation sites excluding steroid dienone is 2. The zero-order chi connectivity index (χ0) is 26.6. The third kappa shape index (κ3) is 9.01. The highest BCUT2D eigenvalue weighted by atomic mass is 32.1. The summed E-state index contributed by atoms with van der Waals surface area (Å²) >= 11 is 1.54. The first-order valence-corrected chi connectivity index (χ1v) is 13.9. The Morgan fingerprint density at radius 1 is 1.19 bits per heavy atom. The topological polar surface area (TPSA) is 77.5 Å². The molecule has 0 unspecified atom stereocenters. The van der Waals surface area contributed by atoms with Gasteiger partial charge in [-0.25, -0.2) is 9.78 Å². The molecular weight excluding hydrogens is 484 g/mol. The number of hydrogen-bond acceptors (Lipinski definition) is 6.